The molecule has 4 nitrogen and oxygen atoms in total. The van der Waals surface area contributed by atoms with Crippen LogP contribution in [0.3, 0.4) is 0 Å². The SMILES string of the molecule is CC(ON(C(C)(C)C)C(C)(C)C)C(=O)OC(C)(C)C. The van der Waals surface area contributed by atoms with Crippen molar-refractivity contribution >= 4 is 5.97 Å². The first-order valence-electron chi connectivity index (χ1n) is 6.84. The van der Waals surface area contributed by atoms with E-state index in [0.717, 1.165) is 0 Å². The molecule has 0 heterocycles. The van der Waals surface area contributed by atoms with Gasteiger partial charge >= 0.3 is 5.97 Å². The van der Waals surface area contributed by atoms with Crippen molar-refractivity contribution < 1.29 is 14.4 Å². The quantitative estimate of drug-likeness (QED) is 0.582. The molecule has 0 aromatic rings. The Kier molecular flexibility index (Phi) is 5.61. The Bertz CT molecular complexity index is 291. The lowest BCUT2D eigenvalue weighted by Crippen LogP contribution is -2.54. The fraction of sp³-hybridized carbons (Fsp3) is 0.933. The largest absolute Gasteiger partial charge is 0.458 e. The first kappa shape index (κ1) is 18.4. The maximum atomic E-state index is 12.0. The van der Waals surface area contributed by atoms with Gasteiger partial charge < -0.3 is 4.74 Å². The standard InChI is InChI=1S/C15H31NO3/c1-11(12(17)18-15(8,9)10)19-16(13(2,3)4)14(5,6)7/h11H,1-10H3. The van der Waals surface area contributed by atoms with Crippen molar-refractivity contribution in [1.82, 2.24) is 5.06 Å². The Morgan fingerprint density at radius 3 is 1.53 bits per heavy atom. The minimum atomic E-state index is -0.627. The molecule has 4 heteroatoms. The van der Waals surface area contributed by atoms with Crippen molar-refractivity contribution in [3.63, 3.8) is 0 Å². The normalized spacial score (nSPS) is 15.5. The molecule has 0 spiro atoms. The summed E-state index contributed by atoms with van der Waals surface area (Å²) in [6.45, 7) is 19.6. The molecule has 0 saturated heterocycles. The highest BCUT2D eigenvalue weighted by Crippen LogP contribution is 2.26. The highest BCUT2D eigenvalue weighted by molar-refractivity contribution is 5.74. The molecule has 19 heavy (non-hydrogen) atoms. The van der Waals surface area contributed by atoms with Gasteiger partial charge in [0.25, 0.3) is 0 Å². The van der Waals surface area contributed by atoms with Gasteiger partial charge in [-0.15, -0.1) is 0 Å². The van der Waals surface area contributed by atoms with E-state index in [2.05, 4.69) is 41.5 Å². The smallest absolute Gasteiger partial charge is 0.337 e. The minimum Gasteiger partial charge on any atom is -0.458 e. The average molecular weight is 273 g/mol. The number of rotatable bonds is 3. The van der Waals surface area contributed by atoms with Crippen LogP contribution in [0.4, 0.5) is 0 Å². The van der Waals surface area contributed by atoms with Crippen molar-refractivity contribution in [2.75, 3.05) is 0 Å². The van der Waals surface area contributed by atoms with E-state index in [1.54, 1.807) is 6.92 Å². The van der Waals surface area contributed by atoms with Crippen molar-refractivity contribution in [2.24, 2.45) is 0 Å². The van der Waals surface area contributed by atoms with Crippen LogP contribution in [0.25, 0.3) is 0 Å². The number of ether oxygens (including phenoxy) is 1. The van der Waals surface area contributed by atoms with E-state index < -0.39 is 11.7 Å². The van der Waals surface area contributed by atoms with Crippen LogP contribution in [0.15, 0.2) is 0 Å². The molecule has 0 aliphatic heterocycles. The molecule has 0 bridgehead atoms. The highest BCUT2D eigenvalue weighted by atomic mass is 16.7. The predicted molar refractivity (Wildman–Crippen MR) is 77.7 cm³/mol. The Morgan fingerprint density at radius 2 is 1.26 bits per heavy atom. The maximum absolute atomic E-state index is 12.0. The third kappa shape index (κ3) is 6.92. The van der Waals surface area contributed by atoms with Crippen molar-refractivity contribution in [2.45, 2.75) is 92.0 Å². The van der Waals surface area contributed by atoms with E-state index in [-0.39, 0.29) is 17.0 Å². The molecule has 0 aliphatic carbocycles. The Balaban J connectivity index is 4.84. The van der Waals surface area contributed by atoms with Gasteiger partial charge in [0, 0.05) is 11.1 Å². The summed E-state index contributed by atoms with van der Waals surface area (Å²) in [7, 11) is 0. The Hall–Kier alpha value is -0.610. The molecule has 0 saturated carbocycles. The number of nitrogens with zero attached hydrogens (tertiary/aromatic N) is 1. The highest BCUT2D eigenvalue weighted by Gasteiger charge is 2.36. The van der Waals surface area contributed by atoms with E-state index in [1.807, 2.05) is 25.8 Å². The van der Waals surface area contributed by atoms with Gasteiger partial charge in [0.1, 0.15) is 5.60 Å². The first-order chi connectivity index (χ1) is 8.14. The molecule has 1 unspecified atom stereocenters. The Labute approximate surface area is 118 Å². The van der Waals surface area contributed by atoms with Crippen LogP contribution < -0.4 is 0 Å². The van der Waals surface area contributed by atoms with Gasteiger partial charge in [0.05, 0.1) is 0 Å². The number of hydroxylamine groups is 2. The van der Waals surface area contributed by atoms with Gasteiger partial charge in [-0.05, 0) is 69.2 Å². The second-order valence-electron chi connectivity index (χ2n) is 7.92. The van der Waals surface area contributed by atoms with E-state index in [4.69, 9.17) is 9.57 Å². The molecule has 0 aromatic carbocycles. The molecule has 0 amide bonds. The maximum Gasteiger partial charge on any atom is 0.337 e. The molecule has 0 fully saturated rings. The summed E-state index contributed by atoms with van der Waals surface area (Å²) in [5.74, 6) is -0.342. The average Bonchev–Trinajstić information content (AvgIpc) is 2.06. The van der Waals surface area contributed by atoms with Crippen LogP contribution in [-0.4, -0.2) is 33.8 Å². The fourth-order valence-corrected chi connectivity index (χ4v) is 1.91. The monoisotopic (exact) mass is 273 g/mol. The number of hydrogen-bond donors (Lipinski definition) is 0. The summed E-state index contributed by atoms with van der Waals surface area (Å²) in [4.78, 5) is 17.8. The summed E-state index contributed by atoms with van der Waals surface area (Å²) in [5.41, 5.74) is -0.897. The second kappa shape index (κ2) is 5.80. The molecule has 1 atom stereocenters. The predicted octanol–water partition coefficient (Wildman–Crippen LogP) is 3.55. The summed E-state index contributed by atoms with van der Waals surface area (Å²) in [5, 5.41) is 1.86. The lowest BCUT2D eigenvalue weighted by atomic mass is 10.00. The molecule has 114 valence electrons. The zero-order valence-electron chi connectivity index (χ0n) is 14.2. The Morgan fingerprint density at radius 1 is 0.895 bits per heavy atom. The minimum absolute atomic E-state index is 0.200. The van der Waals surface area contributed by atoms with Gasteiger partial charge in [0.2, 0.25) is 0 Å². The first-order valence-corrected chi connectivity index (χ1v) is 6.84. The molecule has 0 N–H and O–H groups in total. The molecule has 0 radical (unpaired) electrons. The van der Waals surface area contributed by atoms with E-state index in [0.29, 0.717) is 0 Å². The second-order valence-corrected chi connectivity index (χ2v) is 7.92. The van der Waals surface area contributed by atoms with E-state index in [1.165, 1.54) is 0 Å². The van der Waals surface area contributed by atoms with E-state index >= 15 is 0 Å². The lowest BCUT2D eigenvalue weighted by Gasteiger charge is -2.44. The number of carbonyl (C=O) groups is 1. The fourth-order valence-electron chi connectivity index (χ4n) is 1.91. The number of hydrogen-bond acceptors (Lipinski definition) is 4. The van der Waals surface area contributed by atoms with Crippen molar-refractivity contribution in [3.8, 4) is 0 Å². The molecular weight excluding hydrogens is 242 g/mol. The van der Waals surface area contributed by atoms with Gasteiger partial charge in [-0.1, -0.05) is 0 Å². The van der Waals surface area contributed by atoms with Crippen LogP contribution in [0.1, 0.15) is 69.2 Å². The summed E-state index contributed by atoms with van der Waals surface area (Å²) < 4.78 is 5.34. The van der Waals surface area contributed by atoms with Crippen LogP contribution in [-0.2, 0) is 14.4 Å². The third-order valence-electron chi connectivity index (χ3n) is 2.22. The van der Waals surface area contributed by atoms with E-state index in [9.17, 15) is 4.79 Å². The van der Waals surface area contributed by atoms with Crippen LogP contribution >= 0.6 is 0 Å². The van der Waals surface area contributed by atoms with Gasteiger partial charge in [-0.25, -0.2) is 4.79 Å². The zero-order valence-corrected chi connectivity index (χ0v) is 14.2. The molecule has 0 aromatic heterocycles. The van der Waals surface area contributed by atoms with Crippen LogP contribution in [0.5, 0.6) is 0 Å². The van der Waals surface area contributed by atoms with Crippen LogP contribution in [0.2, 0.25) is 0 Å². The summed E-state index contributed by atoms with van der Waals surface area (Å²) >= 11 is 0. The summed E-state index contributed by atoms with van der Waals surface area (Å²) in [6, 6.07) is 0. The molecule has 0 rings (SSSR count). The summed E-state index contributed by atoms with van der Waals surface area (Å²) in [6.07, 6.45) is -0.627. The lowest BCUT2D eigenvalue weighted by molar-refractivity contribution is -0.281. The molecular formula is C15H31NO3. The van der Waals surface area contributed by atoms with Crippen LogP contribution in [0, 0.1) is 0 Å². The number of esters is 1. The van der Waals surface area contributed by atoms with Crippen molar-refractivity contribution in [1.29, 1.82) is 0 Å². The zero-order chi connectivity index (χ0) is 15.6. The van der Waals surface area contributed by atoms with Gasteiger partial charge in [0.15, 0.2) is 6.10 Å². The topological polar surface area (TPSA) is 38.8 Å². The number of carbonyl (C=O) groups excluding carboxylic acids is 1. The third-order valence-corrected chi connectivity index (χ3v) is 2.22. The van der Waals surface area contributed by atoms with Gasteiger partial charge in [-0.2, -0.15) is 5.06 Å². The van der Waals surface area contributed by atoms with Gasteiger partial charge in [-0.3, -0.25) is 4.84 Å². The molecule has 0 aliphatic rings. The van der Waals surface area contributed by atoms with Crippen molar-refractivity contribution in [3.05, 3.63) is 0 Å².